The summed E-state index contributed by atoms with van der Waals surface area (Å²) in [5, 5.41) is 9.89. The van der Waals surface area contributed by atoms with Crippen molar-refractivity contribution < 1.29 is 14.4 Å². The second-order valence-corrected chi connectivity index (χ2v) is 8.03. The molecule has 0 fully saturated rings. The molecule has 2 heterocycles. The number of nitrogens with one attached hydrogen (secondary N) is 2. The fourth-order valence-corrected chi connectivity index (χ4v) is 4.04. The van der Waals surface area contributed by atoms with Gasteiger partial charge in [-0.2, -0.15) is 5.10 Å². The van der Waals surface area contributed by atoms with E-state index >= 15 is 0 Å². The van der Waals surface area contributed by atoms with E-state index in [2.05, 4.69) is 15.7 Å². The zero-order chi connectivity index (χ0) is 23.5. The molecule has 0 saturated heterocycles. The molecule has 0 bridgehead atoms. The van der Waals surface area contributed by atoms with Gasteiger partial charge in [0.05, 0.1) is 12.2 Å². The van der Waals surface area contributed by atoms with Gasteiger partial charge in [0.25, 0.3) is 5.91 Å². The average molecular weight is 447 g/mol. The first-order chi connectivity index (χ1) is 15.8. The van der Waals surface area contributed by atoms with Crippen molar-refractivity contribution in [1.29, 1.82) is 0 Å². The summed E-state index contributed by atoms with van der Waals surface area (Å²) in [6, 6.07) is 14.6. The maximum absolute atomic E-state index is 13.0. The number of hydrogen-bond donors (Lipinski definition) is 3. The van der Waals surface area contributed by atoms with E-state index in [0.29, 0.717) is 30.9 Å². The van der Waals surface area contributed by atoms with Gasteiger partial charge in [-0.25, -0.2) is 4.79 Å². The Morgan fingerprint density at radius 1 is 1.09 bits per heavy atom. The molecule has 0 spiro atoms. The van der Waals surface area contributed by atoms with Crippen molar-refractivity contribution in [3.63, 3.8) is 0 Å². The zero-order valence-electron chi connectivity index (χ0n) is 18.6. The number of carbonyl (C=O) groups excluding carboxylic acids is 3. The second-order valence-electron chi connectivity index (χ2n) is 8.03. The molecule has 0 radical (unpaired) electrons. The molecule has 4 rings (SSSR count). The SMILES string of the molecule is Cc1c(-c2ccccc2)nn(C)c1NC(=O)c1ccc2c(c1)CCN(C(=O)CNC(N)=O)C2. The predicted octanol–water partition coefficient (Wildman–Crippen LogP) is 2.20. The second kappa shape index (κ2) is 9.15. The Balaban J connectivity index is 1.47. The van der Waals surface area contributed by atoms with Crippen molar-refractivity contribution in [2.45, 2.75) is 19.9 Å². The normalized spacial score (nSPS) is 12.7. The highest BCUT2D eigenvalue weighted by Gasteiger charge is 2.22. The Morgan fingerprint density at radius 2 is 1.85 bits per heavy atom. The number of carbonyl (C=O) groups is 3. The number of hydrogen-bond acceptors (Lipinski definition) is 4. The van der Waals surface area contributed by atoms with Gasteiger partial charge >= 0.3 is 6.03 Å². The van der Waals surface area contributed by atoms with Gasteiger partial charge in [-0.05, 0) is 36.6 Å². The number of nitrogens with two attached hydrogens (primary N) is 1. The molecule has 1 aliphatic heterocycles. The van der Waals surface area contributed by atoms with Crippen molar-refractivity contribution in [2.75, 3.05) is 18.4 Å². The molecular formula is C24H26N6O3. The number of amides is 4. The van der Waals surface area contributed by atoms with E-state index in [4.69, 9.17) is 5.73 Å². The number of aromatic nitrogens is 2. The minimum Gasteiger partial charge on any atom is -0.352 e. The smallest absolute Gasteiger partial charge is 0.312 e. The molecule has 0 unspecified atom stereocenters. The monoisotopic (exact) mass is 446 g/mol. The fraction of sp³-hybridized carbons (Fsp3) is 0.250. The van der Waals surface area contributed by atoms with Crippen LogP contribution in [0.1, 0.15) is 27.0 Å². The number of primary amides is 1. The third-order valence-electron chi connectivity index (χ3n) is 5.81. The van der Waals surface area contributed by atoms with Crippen LogP contribution in [-0.2, 0) is 24.8 Å². The Labute approximate surface area is 191 Å². The van der Waals surface area contributed by atoms with Crippen LogP contribution in [-0.4, -0.2) is 45.6 Å². The zero-order valence-corrected chi connectivity index (χ0v) is 18.6. The minimum atomic E-state index is -0.726. The van der Waals surface area contributed by atoms with Crippen molar-refractivity contribution in [3.8, 4) is 11.3 Å². The highest BCUT2D eigenvalue weighted by Crippen LogP contribution is 2.28. The van der Waals surface area contributed by atoms with E-state index in [0.717, 1.165) is 27.9 Å². The molecule has 1 aliphatic rings. The van der Waals surface area contributed by atoms with Crippen LogP contribution in [0.3, 0.4) is 0 Å². The van der Waals surface area contributed by atoms with Crippen LogP contribution in [0.15, 0.2) is 48.5 Å². The minimum absolute atomic E-state index is 0.125. The van der Waals surface area contributed by atoms with Gasteiger partial charge in [0, 0.05) is 36.8 Å². The molecule has 4 N–H and O–H groups in total. The average Bonchev–Trinajstić information content (AvgIpc) is 3.10. The van der Waals surface area contributed by atoms with Crippen LogP contribution in [0.2, 0.25) is 0 Å². The third kappa shape index (κ3) is 4.72. The van der Waals surface area contributed by atoms with Gasteiger partial charge in [-0.15, -0.1) is 0 Å². The highest BCUT2D eigenvalue weighted by molar-refractivity contribution is 6.04. The number of rotatable bonds is 5. The number of urea groups is 1. The molecule has 3 aromatic rings. The Morgan fingerprint density at radius 3 is 2.58 bits per heavy atom. The summed E-state index contributed by atoms with van der Waals surface area (Å²) in [6.07, 6.45) is 0.627. The van der Waals surface area contributed by atoms with Gasteiger partial charge in [0.15, 0.2) is 0 Å². The van der Waals surface area contributed by atoms with E-state index in [1.54, 1.807) is 22.7 Å². The van der Waals surface area contributed by atoms with E-state index in [9.17, 15) is 14.4 Å². The first kappa shape index (κ1) is 22.1. The number of nitrogens with zero attached hydrogens (tertiary/aromatic N) is 3. The molecule has 0 saturated carbocycles. The third-order valence-corrected chi connectivity index (χ3v) is 5.81. The van der Waals surface area contributed by atoms with Crippen LogP contribution < -0.4 is 16.4 Å². The highest BCUT2D eigenvalue weighted by atomic mass is 16.2. The lowest BCUT2D eigenvalue weighted by Gasteiger charge is -2.29. The lowest BCUT2D eigenvalue weighted by atomic mass is 9.97. The van der Waals surface area contributed by atoms with Crippen LogP contribution >= 0.6 is 0 Å². The van der Waals surface area contributed by atoms with Crippen molar-refractivity contribution in [3.05, 3.63) is 70.8 Å². The summed E-state index contributed by atoms with van der Waals surface area (Å²) < 4.78 is 1.68. The Hall–Kier alpha value is -4.14. The summed E-state index contributed by atoms with van der Waals surface area (Å²) in [5.41, 5.74) is 10.3. The molecule has 9 nitrogen and oxygen atoms in total. The maximum Gasteiger partial charge on any atom is 0.312 e. The van der Waals surface area contributed by atoms with Crippen LogP contribution in [0.25, 0.3) is 11.3 Å². The van der Waals surface area contributed by atoms with Crippen LogP contribution in [0.4, 0.5) is 10.6 Å². The van der Waals surface area contributed by atoms with Gasteiger partial charge in [0.2, 0.25) is 5.91 Å². The number of aryl methyl sites for hydroxylation is 1. The van der Waals surface area contributed by atoms with Crippen molar-refractivity contribution in [1.82, 2.24) is 20.0 Å². The van der Waals surface area contributed by atoms with Crippen molar-refractivity contribution >= 4 is 23.7 Å². The lowest BCUT2D eigenvalue weighted by Crippen LogP contribution is -2.43. The molecular weight excluding hydrogens is 420 g/mol. The predicted molar refractivity (Wildman–Crippen MR) is 124 cm³/mol. The first-order valence-corrected chi connectivity index (χ1v) is 10.7. The van der Waals surface area contributed by atoms with E-state index in [1.165, 1.54) is 0 Å². The molecule has 33 heavy (non-hydrogen) atoms. The van der Waals surface area contributed by atoms with Gasteiger partial charge in [-0.1, -0.05) is 36.4 Å². The molecule has 0 atom stereocenters. The Kier molecular flexibility index (Phi) is 6.12. The summed E-state index contributed by atoms with van der Waals surface area (Å²) >= 11 is 0. The number of benzene rings is 2. The van der Waals surface area contributed by atoms with E-state index in [1.807, 2.05) is 49.4 Å². The molecule has 170 valence electrons. The summed E-state index contributed by atoms with van der Waals surface area (Å²) in [6.45, 7) is 2.76. The number of anilines is 1. The maximum atomic E-state index is 13.0. The number of fused-ring (bicyclic) bond motifs is 1. The van der Waals surface area contributed by atoms with E-state index in [-0.39, 0.29) is 18.4 Å². The lowest BCUT2D eigenvalue weighted by molar-refractivity contribution is -0.130. The van der Waals surface area contributed by atoms with Crippen LogP contribution in [0.5, 0.6) is 0 Å². The largest absolute Gasteiger partial charge is 0.352 e. The quantitative estimate of drug-likeness (QED) is 0.556. The summed E-state index contributed by atoms with van der Waals surface area (Å²) in [4.78, 5) is 37.7. The fourth-order valence-electron chi connectivity index (χ4n) is 4.04. The van der Waals surface area contributed by atoms with Crippen molar-refractivity contribution in [2.24, 2.45) is 12.8 Å². The summed E-state index contributed by atoms with van der Waals surface area (Å²) in [5.74, 6) is 0.241. The first-order valence-electron chi connectivity index (χ1n) is 10.7. The molecule has 2 aromatic carbocycles. The van der Waals surface area contributed by atoms with Gasteiger partial charge in [-0.3, -0.25) is 14.3 Å². The summed E-state index contributed by atoms with van der Waals surface area (Å²) in [7, 11) is 1.81. The molecule has 4 amide bonds. The molecule has 0 aliphatic carbocycles. The molecule has 1 aromatic heterocycles. The van der Waals surface area contributed by atoms with Gasteiger partial charge < -0.3 is 21.3 Å². The topological polar surface area (TPSA) is 122 Å². The van der Waals surface area contributed by atoms with Gasteiger partial charge in [0.1, 0.15) is 5.82 Å². The van der Waals surface area contributed by atoms with E-state index < -0.39 is 6.03 Å². The standard InChI is InChI=1S/C24H26N6O3/c1-15-21(16-6-4-3-5-7-16)28-29(2)22(15)27-23(32)18-8-9-19-14-30(11-10-17(19)12-18)20(31)13-26-24(25)33/h3-9,12H,10-11,13-14H2,1-2H3,(H,27,32)(H3,25,26,33). The molecule has 9 heteroatoms. The van der Waals surface area contributed by atoms with Crippen LogP contribution in [0, 0.1) is 6.92 Å². The Bertz CT molecular complexity index is 1220.